The number of aryl methyl sites for hydroxylation is 2. The second kappa shape index (κ2) is 8.89. The van der Waals surface area contributed by atoms with Gasteiger partial charge < -0.3 is 15.1 Å². The highest BCUT2D eigenvalue weighted by atomic mass is 16.2. The lowest BCUT2D eigenvalue weighted by Crippen LogP contribution is -2.49. The fourth-order valence-electron chi connectivity index (χ4n) is 4.04. The number of likely N-dealkylation sites (N-methyl/N-ethyl adjacent to an activating group) is 1. The summed E-state index contributed by atoms with van der Waals surface area (Å²) in [6.45, 7) is 4.15. The van der Waals surface area contributed by atoms with Gasteiger partial charge in [0.1, 0.15) is 0 Å². The van der Waals surface area contributed by atoms with E-state index in [-0.39, 0.29) is 5.91 Å². The Kier molecular flexibility index (Phi) is 6.08. The molecule has 0 aromatic heterocycles. The van der Waals surface area contributed by atoms with Gasteiger partial charge in [-0.1, -0.05) is 54.6 Å². The van der Waals surface area contributed by atoms with E-state index in [0.717, 1.165) is 45.4 Å². The number of nitrogens with one attached hydrogen (secondary N) is 1. The molecule has 1 saturated heterocycles. The van der Waals surface area contributed by atoms with Crippen molar-refractivity contribution in [1.29, 1.82) is 0 Å². The Morgan fingerprint density at radius 2 is 1.57 bits per heavy atom. The first kappa shape index (κ1) is 19.2. The molecular formula is C24H31N3O. The molecule has 2 aromatic rings. The van der Waals surface area contributed by atoms with Crippen LogP contribution in [0.2, 0.25) is 0 Å². The SMILES string of the molecule is CN1CCN(C(=O)CN[C@H]2C[C@@H]2c2ccc(CCc3ccccc3)cc2)CC1. The van der Waals surface area contributed by atoms with Crippen LogP contribution in [-0.2, 0) is 17.6 Å². The van der Waals surface area contributed by atoms with Crippen molar-refractivity contribution in [1.82, 2.24) is 15.1 Å². The van der Waals surface area contributed by atoms with Crippen LogP contribution in [0.25, 0.3) is 0 Å². The molecule has 0 bridgehead atoms. The van der Waals surface area contributed by atoms with Crippen LogP contribution in [0.1, 0.15) is 29.0 Å². The highest BCUT2D eigenvalue weighted by molar-refractivity contribution is 5.78. The number of rotatable bonds is 7. The van der Waals surface area contributed by atoms with E-state index in [4.69, 9.17) is 0 Å². The molecule has 0 spiro atoms. The molecular weight excluding hydrogens is 346 g/mol. The summed E-state index contributed by atoms with van der Waals surface area (Å²) in [5, 5.41) is 3.47. The van der Waals surface area contributed by atoms with Crippen molar-refractivity contribution < 1.29 is 4.79 Å². The van der Waals surface area contributed by atoms with Crippen LogP contribution in [0.5, 0.6) is 0 Å². The summed E-state index contributed by atoms with van der Waals surface area (Å²) in [6, 6.07) is 20.2. The predicted molar refractivity (Wildman–Crippen MR) is 114 cm³/mol. The fourth-order valence-corrected chi connectivity index (χ4v) is 4.04. The summed E-state index contributed by atoms with van der Waals surface area (Å²) in [5.41, 5.74) is 4.18. The Morgan fingerprint density at radius 3 is 2.25 bits per heavy atom. The van der Waals surface area contributed by atoms with E-state index >= 15 is 0 Å². The van der Waals surface area contributed by atoms with Gasteiger partial charge in [0.05, 0.1) is 6.54 Å². The molecule has 1 saturated carbocycles. The molecule has 0 unspecified atom stereocenters. The molecule has 0 radical (unpaired) electrons. The molecule has 148 valence electrons. The first-order chi connectivity index (χ1) is 13.7. The molecule has 4 nitrogen and oxygen atoms in total. The summed E-state index contributed by atoms with van der Waals surface area (Å²) in [5.74, 6) is 0.804. The minimum absolute atomic E-state index is 0.245. The van der Waals surface area contributed by atoms with E-state index in [2.05, 4.69) is 71.9 Å². The maximum atomic E-state index is 12.4. The Bertz CT molecular complexity index is 766. The van der Waals surface area contributed by atoms with Gasteiger partial charge in [0.15, 0.2) is 0 Å². The molecule has 1 amide bonds. The molecule has 2 fully saturated rings. The molecule has 28 heavy (non-hydrogen) atoms. The minimum atomic E-state index is 0.245. The Labute approximate surface area is 168 Å². The van der Waals surface area contributed by atoms with Gasteiger partial charge in [-0.05, 0) is 43.0 Å². The highest BCUT2D eigenvalue weighted by Gasteiger charge is 2.38. The third-order valence-electron chi connectivity index (χ3n) is 6.11. The van der Waals surface area contributed by atoms with Crippen LogP contribution in [0.15, 0.2) is 54.6 Å². The first-order valence-electron chi connectivity index (χ1n) is 10.5. The summed E-state index contributed by atoms with van der Waals surface area (Å²) >= 11 is 0. The molecule has 4 rings (SSSR count). The molecule has 2 aliphatic rings. The second-order valence-corrected chi connectivity index (χ2v) is 8.24. The normalized spacial score (nSPS) is 22.2. The molecule has 4 heteroatoms. The predicted octanol–water partition coefficient (Wildman–Crippen LogP) is 2.69. The molecule has 1 aliphatic heterocycles. The van der Waals surface area contributed by atoms with Crippen molar-refractivity contribution in [2.45, 2.75) is 31.2 Å². The molecule has 1 N–H and O–H groups in total. The van der Waals surface area contributed by atoms with E-state index in [9.17, 15) is 4.79 Å². The summed E-state index contributed by atoms with van der Waals surface area (Å²) < 4.78 is 0. The maximum Gasteiger partial charge on any atom is 0.236 e. The van der Waals surface area contributed by atoms with Crippen molar-refractivity contribution >= 4 is 5.91 Å². The highest BCUT2D eigenvalue weighted by Crippen LogP contribution is 2.40. The Hall–Kier alpha value is -2.17. The topological polar surface area (TPSA) is 35.6 Å². The minimum Gasteiger partial charge on any atom is -0.339 e. The smallest absolute Gasteiger partial charge is 0.236 e. The van der Waals surface area contributed by atoms with Crippen molar-refractivity contribution in [3.8, 4) is 0 Å². The van der Waals surface area contributed by atoms with E-state index in [1.165, 1.54) is 16.7 Å². The van der Waals surface area contributed by atoms with Crippen molar-refractivity contribution in [3.63, 3.8) is 0 Å². The van der Waals surface area contributed by atoms with Crippen LogP contribution in [-0.4, -0.2) is 61.5 Å². The van der Waals surface area contributed by atoms with Crippen LogP contribution in [0.3, 0.4) is 0 Å². The van der Waals surface area contributed by atoms with E-state index in [1.54, 1.807) is 0 Å². The summed E-state index contributed by atoms with van der Waals surface area (Å²) in [7, 11) is 2.11. The van der Waals surface area contributed by atoms with E-state index < -0.39 is 0 Å². The monoisotopic (exact) mass is 377 g/mol. The second-order valence-electron chi connectivity index (χ2n) is 8.24. The van der Waals surface area contributed by atoms with Crippen molar-refractivity contribution in [2.75, 3.05) is 39.8 Å². The van der Waals surface area contributed by atoms with Gasteiger partial charge in [0.25, 0.3) is 0 Å². The quantitative estimate of drug-likeness (QED) is 0.806. The lowest BCUT2D eigenvalue weighted by Gasteiger charge is -2.32. The van der Waals surface area contributed by atoms with Gasteiger partial charge in [-0.15, -0.1) is 0 Å². The zero-order chi connectivity index (χ0) is 19.3. The maximum absolute atomic E-state index is 12.4. The van der Waals surface area contributed by atoms with Crippen molar-refractivity contribution in [2.24, 2.45) is 0 Å². The Morgan fingerprint density at radius 1 is 0.929 bits per heavy atom. The third-order valence-corrected chi connectivity index (χ3v) is 6.11. The summed E-state index contributed by atoms with van der Waals surface area (Å²) in [6.07, 6.45) is 3.30. The molecule has 1 heterocycles. The molecule has 2 atom stereocenters. The lowest BCUT2D eigenvalue weighted by atomic mass is 10.0. The van der Waals surface area contributed by atoms with E-state index in [0.29, 0.717) is 18.5 Å². The van der Waals surface area contributed by atoms with Crippen LogP contribution < -0.4 is 5.32 Å². The molecule has 1 aliphatic carbocycles. The number of amides is 1. The van der Waals surface area contributed by atoms with Gasteiger partial charge >= 0.3 is 0 Å². The fraction of sp³-hybridized carbons (Fsp3) is 0.458. The number of hydrogen-bond donors (Lipinski definition) is 1. The number of carbonyl (C=O) groups excluding carboxylic acids is 1. The number of piperazine rings is 1. The van der Waals surface area contributed by atoms with Crippen molar-refractivity contribution in [3.05, 3.63) is 71.3 Å². The van der Waals surface area contributed by atoms with Gasteiger partial charge in [0, 0.05) is 38.1 Å². The third kappa shape index (κ3) is 5.00. The van der Waals surface area contributed by atoms with Gasteiger partial charge in [0.2, 0.25) is 5.91 Å². The van der Waals surface area contributed by atoms with Crippen LogP contribution >= 0.6 is 0 Å². The first-order valence-corrected chi connectivity index (χ1v) is 10.5. The largest absolute Gasteiger partial charge is 0.339 e. The average Bonchev–Trinajstić information content (AvgIpc) is 3.52. The summed E-state index contributed by atoms with van der Waals surface area (Å²) in [4.78, 5) is 16.6. The number of nitrogens with zero attached hydrogens (tertiary/aromatic N) is 2. The van der Waals surface area contributed by atoms with Crippen LogP contribution in [0, 0.1) is 0 Å². The van der Waals surface area contributed by atoms with Gasteiger partial charge in [-0.25, -0.2) is 0 Å². The standard InChI is InChI=1S/C24H31N3O/c1-26-13-15-27(16-14-26)24(28)18-25-23-17-22(23)21-11-9-20(10-12-21)8-7-19-5-3-2-4-6-19/h2-6,9-12,22-23,25H,7-8,13-18H2,1H3/t22-,23+/m1/s1. The van der Waals surface area contributed by atoms with Gasteiger partial charge in [-0.2, -0.15) is 0 Å². The number of carbonyl (C=O) groups is 1. The van der Waals surface area contributed by atoms with E-state index in [1.807, 2.05) is 4.90 Å². The zero-order valence-electron chi connectivity index (χ0n) is 16.8. The number of benzene rings is 2. The average molecular weight is 378 g/mol. The molecule has 2 aromatic carbocycles. The zero-order valence-corrected chi connectivity index (χ0v) is 16.8. The number of hydrogen-bond acceptors (Lipinski definition) is 3. The Balaban J connectivity index is 1.20. The van der Waals surface area contributed by atoms with Gasteiger partial charge in [-0.3, -0.25) is 4.79 Å². The van der Waals surface area contributed by atoms with Crippen LogP contribution in [0.4, 0.5) is 0 Å². The lowest BCUT2D eigenvalue weighted by molar-refractivity contribution is -0.131.